The van der Waals surface area contributed by atoms with E-state index in [2.05, 4.69) is 13.8 Å². The Labute approximate surface area is 243 Å². The number of rotatable bonds is 7. The van der Waals surface area contributed by atoms with Crippen molar-refractivity contribution in [2.45, 2.75) is 26.7 Å². The van der Waals surface area contributed by atoms with Gasteiger partial charge in [-0.3, -0.25) is 0 Å². The molecule has 10 nitrogen and oxygen atoms in total. The van der Waals surface area contributed by atoms with E-state index in [1.54, 1.807) is 48.5 Å². The summed E-state index contributed by atoms with van der Waals surface area (Å²) in [6.45, 7) is 4.36. The Morgan fingerprint density at radius 1 is 0.500 bits per heavy atom. The Morgan fingerprint density at radius 3 is 1.00 bits per heavy atom. The van der Waals surface area contributed by atoms with Crippen LogP contribution in [0.5, 0.6) is 11.5 Å². The zero-order valence-electron chi connectivity index (χ0n) is 23.2. The van der Waals surface area contributed by atoms with E-state index < -0.39 is 23.9 Å². The van der Waals surface area contributed by atoms with E-state index in [0.29, 0.717) is 22.5 Å². The molecule has 4 aromatic rings. The van der Waals surface area contributed by atoms with Crippen molar-refractivity contribution in [2.24, 2.45) is 0 Å². The average Bonchev–Trinajstić information content (AvgIpc) is 2.99. The van der Waals surface area contributed by atoms with Crippen LogP contribution >= 0.6 is 0 Å². The van der Waals surface area contributed by atoms with E-state index in [0.717, 1.165) is 0 Å². The molecule has 4 rings (SSSR count). The van der Waals surface area contributed by atoms with Crippen molar-refractivity contribution in [1.82, 2.24) is 0 Å². The number of carbonyl (C=O) groups is 4. The maximum absolute atomic E-state index is 11.8. The van der Waals surface area contributed by atoms with Crippen LogP contribution in [-0.2, 0) is 0 Å². The molecule has 0 fully saturated rings. The van der Waals surface area contributed by atoms with Gasteiger partial charge in [-0.2, -0.15) is 0 Å². The number of carboxylic acids is 2. The van der Waals surface area contributed by atoms with E-state index in [1.165, 1.54) is 61.4 Å². The summed E-state index contributed by atoms with van der Waals surface area (Å²) in [7, 11) is 0. The first-order chi connectivity index (χ1) is 20.0. The fourth-order valence-corrected chi connectivity index (χ4v) is 2.90. The van der Waals surface area contributed by atoms with E-state index in [1.807, 2.05) is 0 Å². The summed E-state index contributed by atoms with van der Waals surface area (Å²) in [6.07, 6.45) is 2.64. The second kappa shape index (κ2) is 16.5. The van der Waals surface area contributed by atoms with Crippen molar-refractivity contribution in [1.29, 1.82) is 0 Å². The quantitative estimate of drug-likeness (QED) is 0.113. The lowest BCUT2D eigenvalue weighted by atomic mass is 10.2. The standard InChI is InChI=1S/2C14H11NO4.C4H10/c2*15-11-5-1-10(2-6-11)14(18)19-12-7-3-9(4-8-12)13(16)17;1-3-4-2/h2*1-8H,15H2,(H,16,17);3-4H2,1-2H3. The number of ether oxygens (including phenoxy) is 2. The van der Waals surface area contributed by atoms with Gasteiger partial charge in [0.25, 0.3) is 0 Å². The summed E-state index contributed by atoms with van der Waals surface area (Å²) in [5.74, 6) is -2.54. The van der Waals surface area contributed by atoms with Gasteiger partial charge in [-0.05, 0) is 97.1 Å². The largest absolute Gasteiger partial charge is 0.478 e. The first-order valence-corrected chi connectivity index (χ1v) is 12.9. The van der Waals surface area contributed by atoms with Crippen molar-refractivity contribution in [2.75, 3.05) is 11.5 Å². The fourth-order valence-electron chi connectivity index (χ4n) is 2.90. The summed E-state index contributed by atoms with van der Waals surface area (Å²) in [5.41, 5.74) is 13.2. The maximum atomic E-state index is 11.8. The molecule has 0 aliphatic carbocycles. The Morgan fingerprint density at radius 2 is 0.762 bits per heavy atom. The highest BCUT2D eigenvalue weighted by Gasteiger charge is 2.10. The molecule has 42 heavy (non-hydrogen) atoms. The third-order valence-corrected chi connectivity index (χ3v) is 5.42. The summed E-state index contributed by atoms with van der Waals surface area (Å²) in [4.78, 5) is 44.9. The Balaban J connectivity index is 0.000000261. The monoisotopic (exact) mass is 572 g/mol. The van der Waals surface area contributed by atoms with E-state index in [9.17, 15) is 19.2 Å². The normalized spacial score (nSPS) is 9.67. The number of carbonyl (C=O) groups excluding carboxylic acids is 2. The third-order valence-electron chi connectivity index (χ3n) is 5.42. The van der Waals surface area contributed by atoms with Gasteiger partial charge in [-0.15, -0.1) is 0 Å². The molecule has 0 atom stereocenters. The number of anilines is 2. The van der Waals surface area contributed by atoms with Gasteiger partial charge < -0.3 is 31.2 Å². The number of hydrogen-bond acceptors (Lipinski definition) is 8. The van der Waals surface area contributed by atoms with E-state index in [-0.39, 0.29) is 22.6 Å². The molecule has 0 unspecified atom stereocenters. The van der Waals surface area contributed by atoms with Crippen LogP contribution in [-0.4, -0.2) is 34.1 Å². The molecule has 0 saturated carbocycles. The Kier molecular flexibility index (Phi) is 12.8. The first kappa shape index (κ1) is 32.6. The van der Waals surface area contributed by atoms with Crippen LogP contribution in [0.2, 0.25) is 0 Å². The number of esters is 2. The smallest absolute Gasteiger partial charge is 0.343 e. The average molecular weight is 573 g/mol. The minimum absolute atomic E-state index is 0.132. The van der Waals surface area contributed by atoms with Crippen LogP contribution in [0.15, 0.2) is 97.1 Å². The van der Waals surface area contributed by atoms with Crippen molar-refractivity contribution in [3.05, 3.63) is 119 Å². The molecule has 6 N–H and O–H groups in total. The highest BCUT2D eigenvalue weighted by Crippen LogP contribution is 2.16. The van der Waals surface area contributed by atoms with Crippen LogP contribution in [0.1, 0.15) is 68.1 Å². The molecule has 0 aliphatic rings. The number of hydrogen-bond donors (Lipinski definition) is 4. The zero-order chi connectivity index (χ0) is 31.1. The second-order valence-electron chi connectivity index (χ2n) is 8.68. The molecule has 4 aromatic carbocycles. The lowest BCUT2D eigenvalue weighted by Gasteiger charge is -2.04. The lowest BCUT2D eigenvalue weighted by Crippen LogP contribution is -2.08. The molecule has 0 saturated heterocycles. The predicted molar refractivity (Wildman–Crippen MR) is 159 cm³/mol. The molecule has 10 heteroatoms. The number of benzene rings is 4. The molecule has 0 spiro atoms. The molecule has 0 bridgehead atoms. The summed E-state index contributed by atoms with van der Waals surface area (Å²) in [5, 5.41) is 17.5. The summed E-state index contributed by atoms with van der Waals surface area (Å²) in [6, 6.07) is 23.8. The lowest BCUT2D eigenvalue weighted by molar-refractivity contribution is 0.0685. The first-order valence-electron chi connectivity index (χ1n) is 12.9. The van der Waals surface area contributed by atoms with Crippen LogP contribution in [0.25, 0.3) is 0 Å². The highest BCUT2D eigenvalue weighted by molar-refractivity contribution is 5.92. The molecular weight excluding hydrogens is 540 g/mol. The van der Waals surface area contributed by atoms with E-state index in [4.69, 9.17) is 31.2 Å². The fraction of sp³-hybridized carbons (Fsp3) is 0.125. The van der Waals surface area contributed by atoms with Crippen LogP contribution < -0.4 is 20.9 Å². The van der Waals surface area contributed by atoms with Crippen LogP contribution in [0.3, 0.4) is 0 Å². The van der Waals surface area contributed by atoms with Crippen LogP contribution in [0, 0.1) is 0 Å². The number of carboxylic acid groups (broad SMARTS) is 2. The molecule has 0 aliphatic heterocycles. The molecule has 218 valence electrons. The van der Waals surface area contributed by atoms with Crippen molar-refractivity contribution in [3.8, 4) is 11.5 Å². The topological polar surface area (TPSA) is 179 Å². The highest BCUT2D eigenvalue weighted by atomic mass is 16.5. The van der Waals surface area contributed by atoms with Gasteiger partial charge in [0, 0.05) is 11.4 Å². The van der Waals surface area contributed by atoms with Gasteiger partial charge in [0.1, 0.15) is 11.5 Å². The van der Waals surface area contributed by atoms with Crippen molar-refractivity contribution < 1.29 is 38.9 Å². The number of nitrogen functional groups attached to an aromatic ring is 2. The van der Waals surface area contributed by atoms with Gasteiger partial charge in [-0.25, -0.2) is 19.2 Å². The Bertz CT molecular complexity index is 1350. The van der Waals surface area contributed by atoms with Crippen LogP contribution in [0.4, 0.5) is 11.4 Å². The van der Waals surface area contributed by atoms with Crippen molar-refractivity contribution >= 4 is 35.3 Å². The molecule has 0 aromatic heterocycles. The minimum Gasteiger partial charge on any atom is -0.478 e. The predicted octanol–water partition coefficient (Wildman–Crippen LogP) is 6.18. The summed E-state index contributed by atoms with van der Waals surface area (Å²) < 4.78 is 10.2. The van der Waals surface area contributed by atoms with Gasteiger partial charge >= 0.3 is 23.9 Å². The molecule has 0 amide bonds. The van der Waals surface area contributed by atoms with E-state index >= 15 is 0 Å². The number of nitrogens with two attached hydrogens (primary N) is 2. The molecular formula is C32H32N2O8. The van der Waals surface area contributed by atoms with Gasteiger partial charge in [-0.1, -0.05) is 26.7 Å². The van der Waals surface area contributed by atoms with Gasteiger partial charge in [0.2, 0.25) is 0 Å². The number of aromatic carboxylic acids is 2. The third kappa shape index (κ3) is 10.9. The number of unbranched alkanes of at least 4 members (excludes halogenated alkanes) is 1. The second-order valence-corrected chi connectivity index (χ2v) is 8.68. The maximum Gasteiger partial charge on any atom is 0.343 e. The zero-order valence-corrected chi connectivity index (χ0v) is 23.2. The van der Waals surface area contributed by atoms with Gasteiger partial charge in [0.15, 0.2) is 0 Å². The molecule has 0 radical (unpaired) electrons. The van der Waals surface area contributed by atoms with Crippen molar-refractivity contribution in [3.63, 3.8) is 0 Å². The van der Waals surface area contributed by atoms with Gasteiger partial charge in [0.05, 0.1) is 22.3 Å². The molecule has 0 heterocycles. The Hall–Kier alpha value is -5.64. The minimum atomic E-state index is -1.03. The summed E-state index contributed by atoms with van der Waals surface area (Å²) >= 11 is 0. The SMILES string of the molecule is CCCC.Nc1ccc(C(=O)Oc2ccc(C(=O)O)cc2)cc1.Nc1ccc(C(=O)Oc2ccc(C(=O)O)cc2)cc1.